The number of rotatable bonds is 1. The number of hydrogen-bond donors (Lipinski definition) is 0. The van der Waals surface area contributed by atoms with E-state index in [0.717, 1.165) is 0 Å². The van der Waals surface area contributed by atoms with Gasteiger partial charge >= 0.3 is 0 Å². The summed E-state index contributed by atoms with van der Waals surface area (Å²) in [4.78, 5) is 0. The van der Waals surface area contributed by atoms with E-state index < -0.39 is 0 Å². The zero-order chi connectivity index (χ0) is 8.36. The molecule has 0 aliphatic heterocycles. The van der Waals surface area contributed by atoms with Crippen molar-refractivity contribution in [2.75, 3.05) is 0 Å². The van der Waals surface area contributed by atoms with Gasteiger partial charge in [-0.2, -0.15) is 0 Å². The first-order valence-corrected chi connectivity index (χ1v) is 3.99. The van der Waals surface area contributed by atoms with Crippen LogP contribution in [0.25, 0.3) is 0 Å². The molecule has 0 heteroatoms. The summed E-state index contributed by atoms with van der Waals surface area (Å²) in [6, 6.07) is 0. The van der Waals surface area contributed by atoms with Gasteiger partial charge in [0.1, 0.15) is 0 Å². The third-order valence-electron chi connectivity index (χ3n) is 1.95. The molecule has 0 aliphatic rings. The van der Waals surface area contributed by atoms with Gasteiger partial charge in [-0.3, -0.25) is 0 Å². The fourth-order valence-corrected chi connectivity index (χ4v) is 0.750. The van der Waals surface area contributed by atoms with Crippen LogP contribution >= 0.6 is 0 Å². The van der Waals surface area contributed by atoms with Gasteiger partial charge in [0.05, 0.1) is 0 Å². The van der Waals surface area contributed by atoms with Crippen molar-refractivity contribution in [3.63, 3.8) is 0 Å². The molecule has 0 spiro atoms. The van der Waals surface area contributed by atoms with Crippen LogP contribution in [-0.2, 0) is 0 Å². The maximum Gasteiger partial charge on any atom is -0.0211 e. The van der Waals surface area contributed by atoms with Crippen LogP contribution in [-0.4, -0.2) is 0 Å². The minimum atomic E-state index is 0.414. The number of allylic oxidation sites excluding steroid dienone is 2. The SMILES string of the molecule is CC(C)=C[C@H](C)C(C)(C)C. The average molecular weight is 140 g/mol. The molecule has 0 radical (unpaired) electrons. The van der Waals surface area contributed by atoms with Gasteiger partial charge in [0.15, 0.2) is 0 Å². The van der Waals surface area contributed by atoms with Gasteiger partial charge in [0.2, 0.25) is 0 Å². The van der Waals surface area contributed by atoms with Gasteiger partial charge in [0.25, 0.3) is 0 Å². The van der Waals surface area contributed by atoms with Gasteiger partial charge in [-0.1, -0.05) is 39.3 Å². The molecule has 0 aromatic heterocycles. The van der Waals surface area contributed by atoms with Crippen molar-refractivity contribution in [2.45, 2.75) is 41.5 Å². The van der Waals surface area contributed by atoms with Crippen LogP contribution in [0.5, 0.6) is 0 Å². The lowest BCUT2D eigenvalue weighted by atomic mass is 9.81. The highest BCUT2D eigenvalue weighted by atomic mass is 14.2. The minimum absolute atomic E-state index is 0.414. The smallest absolute Gasteiger partial charge is 0.0211 e. The summed E-state index contributed by atoms with van der Waals surface area (Å²) < 4.78 is 0. The number of hydrogen-bond acceptors (Lipinski definition) is 0. The van der Waals surface area contributed by atoms with E-state index >= 15 is 0 Å². The summed E-state index contributed by atoms with van der Waals surface area (Å²) in [5, 5.41) is 0. The second-order valence-electron chi connectivity index (χ2n) is 4.40. The van der Waals surface area contributed by atoms with Crippen molar-refractivity contribution < 1.29 is 0 Å². The maximum absolute atomic E-state index is 2.33. The minimum Gasteiger partial charge on any atom is -0.0825 e. The first-order valence-electron chi connectivity index (χ1n) is 3.99. The monoisotopic (exact) mass is 140 g/mol. The van der Waals surface area contributed by atoms with Crippen molar-refractivity contribution in [2.24, 2.45) is 11.3 Å². The molecular formula is C10H20. The summed E-state index contributed by atoms with van der Waals surface area (Å²) in [7, 11) is 0. The van der Waals surface area contributed by atoms with Crippen LogP contribution in [0, 0.1) is 11.3 Å². The van der Waals surface area contributed by atoms with Crippen molar-refractivity contribution >= 4 is 0 Å². The maximum atomic E-state index is 2.33. The molecule has 0 aromatic carbocycles. The molecule has 0 unspecified atom stereocenters. The highest BCUT2D eigenvalue weighted by Gasteiger charge is 2.16. The van der Waals surface area contributed by atoms with Crippen LogP contribution in [0.4, 0.5) is 0 Å². The molecule has 10 heavy (non-hydrogen) atoms. The third-order valence-corrected chi connectivity index (χ3v) is 1.95. The molecule has 1 atom stereocenters. The van der Waals surface area contributed by atoms with Crippen molar-refractivity contribution in [3.05, 3.63) is 11.6 Å². The van der Waals surface area contributed by atoms with Crippen molar-refractivity contribution in [1.82, 2.24) is 0 Å². The van der Waals surface area contributed by atoms with Gasteiger partial charge in [-0.25, -0.2) is 0 Å². The Morgan fingerprint density at radius 3 is 1.70 bits per heavy atom. The van der Waals surface area contributed by atoms with Crippen LogP contribution in [0.2, 0.25) is 0 Å². The summed E-state index contributed by atoms with van der Waals surface area (Å²) in [6.07, 6.45) is 2.33. The van der Waals surface area contributed by atoms with Crippen LogP contribution in [0.15, 0.2) is 11.6 Å². The highest BCUT2D eigenvalue weighted by Crippen LogP contribution is 2.26. The van der Waals surface area contributed by atoms with Gasteiger partial charge in [-0.15, -0.1) is 0 Å². The van der Waals surface area contributed by atoms with Crippen molar-refractivity contribution in [1.29, 1.82) is 0 Å². The van der Waals surface area contributed by atoms with E-state index in [-0.39, 0.29) is 0 Å². The van der Waals surface area contributed by atoms with E-state index in [4.69, 9.17) is 0 Å². The zero-order valence-electron chi connectivity index (χ0n) is 8.15. The quantitative estimate of drug-likeness (QED) is 0.488. The molecule has 0 rings (SSSR count). The molecule has 0 N–H and O–H groups in total. The molecule has 0 aromatic rings. The lowest BCUT2D eigenvalue weighted by Crippen LogP contribution is -2.14. The molecule has 0 nitrogen and oxygen atoms in total. The standard InChI is InChI=1S/C10H20/c1-8(2)7-9(3)10(4,5)6/h7,9H,1-6H3/t9-/m0/s1. The lowest BCUT2D eigenvalue weighted by Gasteiger charge is -2.24. The fraction of sp³-hybridized carbons (Fsp3) is 0.800. The Bertz CT molecular complexity index is 119. The van der Waals surface area contributed by atoms with Gasteiger partial charge in [-0.05, 0) is 25.2 Å². The second-order valence-corrected chi connectivity index (χ2v) is 4.40. The topological polar surface area (TPSA) is 0 Å². The Balaban J connectivity index is 4.11. The lowest BCUT2D eigenvalue weighted by molar-refractivity contribution is 0.313. The molecule has 0 saturated carbocycles. The third kappa shape index (κ3) is 3.71. The fourth-order valence-electron chi connectivity index (χ4n) is 0.750. The first kappa shape index (κ1) is 9.74. The predicted molar refractivity (Wildman–Crippen MR) is 48.1 cm³/mol. The molecule has 0 bridgehead atoms. The summed E-state index contributed by atoms with van der Waals surface area (Å²) >= 11 is 0. The van der Waals surface area contributed by atoms with E-state index in [2.05, 4.69) is 47.6 Å². The first-order chi connectivity index (χ1) is 4.34. The molecule has 0 saturated heterocycles. The molecule has 0 aliphatic carbocycles. The Morgan fingerprint density at radius 2 is 1.60 bits per heavy atom. The molecule has 0 heterocycles. The normalized spacial score (nSPS) is 14.6. The predicted octanol–water partition coefficient (Wildman–Crippen LogP) is 3.63. The van der Waals surface area contributed by atoms with Crippen LogP contribution in [0.3, 0.4) is 0 Å². The average Bonchev–Trinajstić information content (AvgIpc) is 1.60. The van der Waals surface area contributed by atoms with Crippen molar-refractivity contribution in [3.8, 4) is 0 Å². The Labute approximate surface area is 65.3 Å². The molecular weight excluding hydrogens is 120 g/mol. The summed E-state index contributed by atoms with van der Waals surface area (Å²) in [5.74, 6) is 0.678. The molecule has 0 amide bonds. The Hall–Kier alpha value is -0.260. The molecule has 60 valence electrons. The summed E-state index contributed by atoms with van der Waals surface area (Å²) in [5.41, 5.74) is 1.83. The Kier molecular flexibility index (Phi) is 3.14. The van der Waals surface area contributed by atoms with E-state index in [1.165, 1.54) is 5.57 Å². The van der Waals surface area contributed by atoms with E-state index in [9.17, 15) is 0 Å². The highest BCUT2D eigenvalue weighted by molar-refractivity contribution is 4.99. The van der Waals surface area contributed by atoms with E-state index in [1.54, 1.807) is 0 Å². The van der Waals surface area contributed by atoms with Crippen LogP contribution < -0.4 is 0 Å². The van der Waals surface area contributed by atoms with E-state index in [0.29, 0.717) is 11.3 Å². The molecule has 0 fully saturated rings. The second kappa shape index (κ2) is 3.23. The summed E-state index contributed by atoms with van der Waals surface area (Å²) in [6.45, 7) is 13.4. The van der Waals surface area contributed by atoms with E-state index in [1.807, 2.05) is 0 Å². The Morgan fingerprint density at radius 1 is 1.20 bits per heavy atom. The van der Waals surface area contributed by atoms with Crippen LogP contribution in [0.1, 0.15) is 41.5 Å². The largest absolute Gasteiger partial charge is 0.0825 e. The van der Waals surface area contributed by atoms with Gasteiger partial charge < -0.3 is 0 Å². The van der Waals surface area contributed by atoms with Gasteiger partial charge in [0, 0.05) is 0 Å². The zero-order valence-corrected chi connectivity index (χ0v) is 8.15.